The average molecular weight is 458 g/mol. The number of benzene rings is 1. The molecule has 2 atom stereocenters. The number of hydrogen-bond acceptors (Lipinski definition) is 6. The molecule has 1 fully saturated rings. The first-order valence-corrected chi connectivity index (χ1v) is 12.7. The molecule has 0 aromatic heterocycles. The lowest BCUT2D eigenvalue weighted by Gasteiger charge is -2.28. The van der Waals surface area contributed by atoms with Crippen molar-refractivity contribution in [3.8, 4) is 11.8 Å². The summed E-state index contributed by atoms with van der Waals surface area (Å²) in [5.74, 6) is -0.641. The molecule has 1 aromatic carbocycles. The lowest BCUT2D eigenvalue weighted by atomic mass is 10.0. The van der Waals surface area contributed by atoms with Gasteiger partial charge < -0.3 is 14.2 Å². The number of esters is 2. The Balaban J connectivity index is 1.80. The van der Waals surface area contributed by atoms with Crippen LogP contribution in [0.4, 0.5) is 0 Å². The minimum Gasteiger partial charge on any atom is -0.492 e. The van der Waals surface area contributed by atoms with Gasteiger partial charge >= 0.3 is 11.9 Å². The van der Waals surface area contributed by atoms with E-state index in [0.29, 0.717) is 25.2 Å². The first kappa shape index (κ1) is 26.7. The molecule has 6 nitrogen and oxygen atoms in total. The van der Waals surface area contributed by atoms with Crippen molar-refractivity contribution in [1.29, 1.82) is 5.26 Å². The summed E-state index contributed by atoms with van der Waals surface area (Å²) in [5, 5.41) is 9.47. The Labute approximate surface area is 198 Å². The molecule has 1 saturated heterocycles. The third-order valence-electron chi connectivity index (χ3n) is 6.02. The Morgan fingerprint density at radius 2 is 1.73 bits per heavy atom. The highest BCUT2D eigenvalue weighted by molar-refractivity contribution is 5.92. The molecular formula is C27H39NO5. The molecule has 182 valence electrons. The van der Waals surface area contributed by atoms with Crippen molar-refractivity contribution in [1.82, 2.24) is 0 Å². The van der Waals surface area contributed by atoms with Crippen LogP contribution in [0.3, 0.4) is 0 Å². The van der Waals surface area contributed by atoms with E-state index in [1.54, 1.807) is 12.1 Å². The first-order valence-electron chi connectivity index (χ1n) is 12.7. The summed E-state index contributed by atoms with van der Waals surface area (Å²) in [6.07, 6.45) is 12.5. The maximum Gasteiger partial charge on any atom is 0.347 e. The van der Waals surface area contributed by atoms with Crippen LogP contribution < -0.4 is 4.74 Å². The average Bonchev–Trinajstić information content (AvgIpc) is 2.82. The van der Waals surface area contributed by atoms with Crippen LogP contribution in [0.5, 0.6) is 5.75 Å². The van der Waals surface area contributed by atoms with Crippen LogP contribution in [-0.2, 0) is 14.3 Å². The van der Waals surface area contributed by atoms with Crippen molar-refractivity contribution in [3.05, 3.63) is 29.3 Å². The van der Waals surface area contributed by atoms with Crippen molar-refractivity contribution >= 4 is 11.9 Å². The standard InChI is InChI=1S/C27H39NO5/c1-3-5-7-9-10-12-18-31-24-16-14-21(19-22(24)20-28)26(29)33-25-17-15-23(32-27(25)30)13-11-8-6-4-2/h14,16,19,23,25H,3-13,15,17-18H2,1-2H3/t23-,25-/m1/s1. The van der Waals surface area contributed by atoms with Gasteiger partial charge in [0.2, 0.25) is 0 Å². The quantitative estimate of drug-likeness (QED) is 0.221. The van der Waals surface area contributed by atoms with Crippen LogP contribution in [0.2, 0.25) is 0 Å². The molecule has 0 bridgehead atoms. The zero-order valence-electron chi connectivity index (χ0n) is 20.3. The zero-order chi connectivity index (χ0) is 23.9. The van der Waals surface area contributed by atoms with Crippen LogP contribution >= 0.6 is 0 Å². The number of rotatable bonds is 15. The maximum atomic E-state index is 12.6. The number of unbranched alkanes of at least 4 members (excludes halogenated alkanes) is 8. The topological polar surface area (TPSA) is 85.6 Å². The summed E-state index contributed by atoms with van der Waals surface area (Å²) >= 11 is 0. The Bertz CT molecular complexity index is 785. The Kier molecular flexibility index (Phi) is 12.4. The maximum absolute atomic E-state index is 12.6. The van der Waals surface area contributed by atoms with Gasteiger partial charge in [0.25, 0.3) is 0 Å². The highest BCUT2D eigenvalue weighted by atomic mass is 16.6. The van der Waals surface area contributed by atoms with Crippen molar-refractivity contribution < 1.29 is 23.8 Å². The first-order chi connectivity index (χ1) is 16.1. The van der Waals surface area contributed by atoms with Crippen LogP contribution in [0.15, 0.2) is 18.2 Å². The minimum atomic E-state index is -0.890. The fourth-order valence-electron chi connectivity index (χ4n) is 4.00. The van der Waals surface area contributed by atoms with E-state index in [1.807, 2.05) is 0 Å². The molecule has 2 rings (SSSR count). The third-order valence-corrected chi connectivity index (χ3v) is 6.02. The SMILES string of the molecule is CCCCCCCCOc1ccc(C(=O)O[C@@H]2CC[C@@H](CCCCCC)OC2=O)cc1C#N. The summed E-state index contributed by atoms with van der Waals surface area (Å²) < 4.78 is 16.6. The third kappa shape index (κ3) is 9.45. The molecule has 1 heterocycles. The zero-order valence-corrected chi connectivity index (χ0v) is 20.3. The molecule has 0 amide bonds. The second kappa shape index (κ2) is 15.3. The Morgan fingerprint density at radius 1 is 1.03 bits per heavy atom. The minimum absolute atomic E-state index is 0.0856. The largest absolute Gasteiger partial charge is 0.492 e. The van der Waals surface area contributed by atoms with E-state index in [9.17, 15) is 14.9 Å². The molecule has 0 radical (unpaired) electrons. The van der Waals surface area contributed by atoms with Crippen molar-refractivity contribution in [2.24, 2.45) is 0 Å². The predicted molar refractivity (Wildman–Crippen MR) is 127 cm³/mol. The van der Waals surface area contributed by atoms with Gasteiger partial charge in [0.05, 0.1) is 17.7 Å². The van der Waals surface area contributed by atoms with E-state index in [4.69, 9.17) is 14.2 Å². The monoisotopic (exact) mass is 457 g/mol. The van der Waals surface area contributed by atoms with Gasteiger partial charge in [-0.3, -0.25) is 0 Å². The van der Waals surface area contributed by atoms with Gasteiger partial charge in [-0.25, -0.2) is 9.59 Å². The van der Waals surface area contributed by atoms with Gasteiger partial charge in [0.15, 0.2) is 6.10 Å². The van der Waals surface area contributed by atoms with Crippen LogP contribution in [-0.4, -0.2) is 30.8 Å². The lowest BCUT2D eigenvalue weighted by molar-refractivity contribution is -0.167. The molecule has 6 heteroatoms. The second-order valence-electron chi connectivity index (χ2n) is 8.82. The van der Waals surface area contributed by atoms with Gasteiger partial charge in [-0.1, -0.05) is 65.2 Å². The van der Waals surface area contributed by atoms with Gasteiger partial charge in [-0.15, -0.1) is 0 Å². The van der Waals surface area contributed by atoms with E-state index in [0.717, 1.165) is 32.1 Å². The van der Waals surface area contributed by atoms with Crippen LogP contribution in [0, 0.1) is 11.3 Å². The molecule has 0 aliphatic carbocycles. The summed E-state index contributed by atoms with van der Waals surface area (Å²) in [4.78, 5) is 24.9. The van der Waals surface area contributed by atoms with E-state index in [1.165, 1.54) is 44.6 Å². The molecule has 33 heavy (non-hydrogen) atoms. The molecule has 1 aromatic rings. The van der Waals surface area contributed by atoms with Crippen LogP contribution in [0.25, 0.3) is 0 Å². The Morgan fingerprint density at radius 3 is 2.42 bits per heavy atom. The molecule has 0 spiro atoms. The van der Waals surface area contributed by atoms with E-state index in [-0.39, 0.29) is 17.2 Å². The molecule has 1 aliphatic rings. The number of nitriles is 1. The molecule has 1 aliphatic heterocycles. The number of cyclic esters (lactones) is 1. The van der Waals surface area contributed by atoms with Crippen LogP contribution in [0.1, 0.15) is 113 Å². The van der Waals surface area contributed by atoms with Crippen molar-refractivity contribution in [2.45, 2.75) is 110 Å². The van der Waals surface area contributed by atoms with Crippen molar-refractivity contribution in [2.75, 3.05) is 6.61 Å². The summed E-state index contributed by atoms with van der Waals surface area (Å²) in [5.41, 5.74) is 0.516. The number of nitrogens with zero attached hydrogens (tertiary/aromatic N) is 1. The summed E-state index contributed by atoms with van der Waals surface area (Å²) in [6, 6.07) is 6.74. The number of carbonyl (C=O) groups excluding carboxylic acids is 2. The second-order valence-corrected chi connectivity index (χ2v) is 8.82. The fourth-order valence-corrected chi connectivity index (χ4v) is 4.00. The normalized spacial score (nSPS) is 17.8. The van der Waals surface area contributed by atoms with E-state index >= 15 is 0 Å². The van der Waals surface area contributed by atoms with E-state index < -0.39 is 18.0 Å². The Hall–Kier alpha value is -2.55. The van der Waals surface area contributed by atoms with Crippen molar-refractivity contribution in [3.63, 3.8) is 0 Å². The highest BCUT2D eigenvalue weighted by Crippen LogP contribution is 2.24. The van der Waals surface area contributed by atoms with Gasteiger partial charge in [0, 0.05) is 0 Å². The summed E-state index contributed by atoms with van der Waals surface area (Å²) in [7, 11) is 0. The van der Waals surface area contributed by atoms with Gasteiger partial charge in [-0.2, -0.15) is 5.26 Å². The molecule has 0 saturated carbocycles. The van der Waals surface area contributed by atoms with Gasteiger partial charge in [-0.05, 0) is 50.3 Å². The molecular weight excluding hydrogens is 418 g/mol. The predicted octanol–water partition coefficient (Wildman–Crippen LogP) is 6.50. The summed E-state index contributed by atoms with van der Waals surface area (Å²) in [6.45, 7) is 4.90. The number of ether oxygens (including phenoxy) is 3. The molecule has 0 N–H and O–H groups in total. The smallest absolute Gasteiger partial charge is 0.347 e. The van der Waals surface area contributed by atoms with Gasteiger partial charge in [0.1, 0.15) is 17.9 Å². The number of hydrogen-bond donors (Lipinski definition) is 0. The number of carbonyl (C=O) groups is 2. The lowest BCUT2D eigenvalue weighted by Crippen LogP contribution is -2.37. The van der Waals surface area contributed by atoms with E-state index in [2.05, 4.69) is 19.9 Å². The fraction of sp³-hybridized carbons (Fsp3) is 0.667. The molecule has 0 unspecified atom stereocenters. The highest BCUT2D eigenvalue weighted by Gasteiger charge is 2.33.